The van der Waals surface area contributed by atoms with E-state index in [0.29, 0.717) is 5.57 Å². The molecule has 2 aliphatic rings. The van der Waals surface area contributed by atoms with Crippen LogP contribution in [-0.2, 0) is 14.3 Å². The SMILES string of the molecule is C=C1CCC[C@H]2C=C(C=O)COC(=O)[C@H]12. The summed E-state index contributed by atoms with van der Waals surface area (Å²) in [5.74, 6) is -0.338. The minimum atomic E-state index is -0.226. The van der Waals surface area contributed by atoms with E-state index in [1.165, 1.54) is 0 Å². The first-order valence-electron chi connectivity index (χ1n) is 5.22. The molecule has 1 heterocycles. The lowest BCUT2D eigenvalue weighted by Gasteiger charge is -2.28. The summed E-state index contributed by atoms with van der Waals surface area (Å²) in [7, 11) is 0. The van der Waals surface area contributed by atoms with Gasteiger partial charge >= 0.3 is 5.97 Å². The van der Waals surface area contributed by atoms with E-state index in [2.05, 4.69) is 6.58 Å². The molecule has 0 saturated heterocycles. The number of fused-ring (bicyclic) bond motifs is 1. The Morgan fingerprint density at radius 3 is 3.07 bits per heavy atom. The first-order valence-corrected chi connectivity index (χ1v) is 5.22. The number of allylic oxidation sites excluding steroid dienone is 1. The fourth-order valence-corrected chi connectivity index (χ4v) is 2.35. The summed E-state index contributed by atoms with van der Waals surface area (Å²) >= 11 is 0. The highest BCUT2D eigenvalue weighted by Crippen LogP contribution is 2.37. The Morgan fingerprint density at radius 2 is 2.33 bits per heavy atom. The molecule has 1 saturated carbocycles. The van der Waals surface area contributed by atoms with E-state index < -0.39 is 0 Å². The van der Waals surface area contributed by atoms with E-state index in [4.69, 9.17) is 4.74 Å². The molecule has 2 rings (SSSR count). The lowest BCUT2D eigenvalue weighted by molar-refractivity contribution is -0.147. The van der Waals surface area contributed by atoms with E-state index in [1.807, 2.05) is 6.08 Å². The molecule has 1 aliphatic heterocycles. The first-order chi connectivity index (χ1) is 7.22. The van der Waals surface area contributed by atoms with Crippen molar-refractivity contribution < 1.29 is 14.3 Å². The molecule has 80 valence electrons. The molecule has 0 aromatic rings. The normalized spacial score (nSPS) is 31.1. The fraction of sp³-hybridized carbons (Fsp3) is 0.500. The summed E-state index contributed by atoms with van der Waals surface area (Å²) in [6.07, 6.45) is 5.52. The average Bonchev–Trinajstić information content (AvgIpc) is 2.39. The van der Waals surface area contributed by atoms with E-state index in [1.54, 1.807) is 0 Å². The number of carbonyl (C=O) groups excluding carboxylic acids is 2. The summed E-state index contributed by atoms with van der Waals surface area (Å²) in [6, 6.07) is 0. The Morgan fingerprint density at radius 1 is 1.53 bits per heavy atom. The molecule has 1 fully saturated rings. The van der Waals surface area contributed by atoms with Gasteiger partial charge in [-0.15, -0.1) is 0 Å². The summed E-state index contributed by atoms with van der Waals surface area (Å²) in [5.41, 5.74) is 1.52. The summed E-state index contributed by atoms with van der Waals surface area (Å²) < 4.78 is 5.05. The third kappa shape index (κ3) is 1.87. The van der Waals surface area contributed by atoms with Crippen molar-refractivity contribution in [3.8, 4) is 0 Å². The number of aldehydes is 1. The van der Waals surface area contributed by atoms with Crippen LogP contribution >= 0.6 is 0 Å². The first kappa shape index (κ1) is 10.1. The second kappa shape index (κ2) is 4.01. The highest BCUT2D eigenvalue weighted by molar-refractivity contribution is 5.81. The number of esters is 1. The Bertz CT molecular complexity index is 341. The molecule has 0 bridgehead atoms. The van der Waals surface area contributed by atoms with Gasteiger partial charge in [0.1, 0.15) is 12.9 Å². The van der Waals surface area contributed by atoms with Crippen LogP contribution in [0.3, 0.4) is 0 Å². The van der Waals surface area contributed by atoms with Crippen molar-refractivity contribution in [1.82, 2.24) is 0 Å². The van der Waals surface area contributed by atoms with Crippen LogP contribution in [0.1, 0.15) is 19.3 Å². The number of rotatable bonds is 1. The van der Waals surface area contributed by atoms with Crippen molar-refractivity contribution in [3.05, 3.63) is 23.8 Å². The highest BCUT2D eigenvalue weighted by Gasteiger charge is 2.35. The molecule has 0 aromatic heterocycles. The van der Waals surface area contributed by atoms with Crippen LogP contribution in [-0.4, -0.2) is 18.9 Å². The van der Waals surface area contributed by atoms with Crippen molar-refractivity contribution >= 4 is 12.3 Å². The van der Waals surface area contributed by atoms with E-state index in [-0.39, 0.29) is 24.4 Å². The summed E-state index contributed by atoms with van der Waals surface area (Å²) in [6.45, 7) is 4.04. The number of carbonyl (C=O) groups is 2. The Kier molecular flexibility index (Phi) is 2.71. The third-order valence-electron chi connectivity index (χ3n) is 3.12. The molecule has 3 nitrogen and oxygen atoms in total. The van der Waals surface area contributed by atoms with Crippen LogP contribution < -0.4 is 0 Å². The zero-order chi connectivity index (χ0) is 10.8. The number of hydrogen-bond donors (Lipinski definition) is 0. The Labute approximate surface area is 88.8 Å². The molecule has 0 amide bonds. The minimum Gasteiger partial charge on any atom is -0.460 e. The molecule has 0 aromatic carbocycles. The van der Waals surface area contributed by atoms with Gasteiger partial charge in [0.2, 0.25) is 0 Å². The van der Waals surface area contributed by atoms with Gasteiger partial charge in [0.25, 0.3) is 0 Å². The molecule has 0 spiro atoms. The highest BCUT2D eigenvalue weighted by atomic mass is 16.5. The molecule has 1 aliphatic carbocycles. The Hall–Kier alpha value is -1.38. The number of hydrogen-bond acceptors (Lipinski definition) is 3. The van der Waals surface area contributed by atoms with Crippen molar-refractivity contribution in [3.63, 3.8) is 0 Å². The second-order valence-corrected chi connectivity index (χ2v) is 4.16. The minimum absolute atomic E-state index is 0.112. The molecule has 15 heavy (non-hydrogen) atoms. The van der Waals surface area contributed by atoms with Gasteiger partial charge < -0.3 is 4.74 Å². The van der Waals surface area contributed by atoms with Gasteiger partial charge in [-0.2, -0.15) is 0 Å². The van der Waals surface area contributed by atoms with Crippen LogP contribution in [0, 0.1) is 11.8 Å². The largest absolute Gasteiger partial charge is 0.460 e. The van der Waals surface area contributed by atoms with Crippen molar-refractivity contribution in [2.24, 2.45) is 11.8 Å². The van der Waals surface area contributed by atoms with Crippen LogP contribution in [0.25, 0.3) is 0 Å². The Balaban J connectivity index is 2.30. The summed E-state index contributed by atoms with van der Waals surface area (Å²) in [5, 5.41) is 0. The zero-order valence-electron chi connectivity index (χ0n) is 8.57. The maximum atomic E-state index is 11.7. The second-order valence-electron chi connectivity index (χ2n) is 4.16. The topological polar surface area (TPSA) is 43.4 Å². The molecule has 3 heteroatoms. The van der Waals surface area contributed by atoms with E-state index in [9.17, 15) is 9.59 Å². The summed E-state index contributed by atoms with van der Waals surface area (Å²) in [4.78, 5) is 22.4. The van der Waals surface area contributed by atoms with E-state index in [0.717, 1.165) is 31.1 Å². The predicted molar refractivity (Wildman–Crippen MR) is 55.1 cm³/mol. The molecular weight excluding hydrogens is 192 g/mol. The van der Waals surface area contributed by atoms with Gasteiger partial charge in [-0.25, -0.2) is 0 Å². The third-order valence-corrected chi connectivity index (χ3v) is 3.12. The maximum absolute atomic E-state index is 11.7. The molecule has 2 atom stereocenters. The molecule has 0 unspecified atom stereocenters. The van der Waals surface area contributed by atoms with Crippen molar-refractivity contribution in [2.45, 2.75) is 19.3 Å². The molecule has 0 N–H and O–H groups in total. The maximum Gasteiger partial charge on any atom is 0.313 e. The van der Waals surface area contributed by atoms with Crippen LogP contribution in [0.2, 0.25) is 0 Å². The van der Waals surface area contributed by atoms with Crippen LogP contribution in [0.5, 0.6) is 0 Å². The van der Waals surface area contributed by atoms with Gasteiger partial charge in [-0.3, -0.25) is 9.59 Å². The lowest BCUT2D eigenvalue weighted by atomic mass is 9.76. The van der Waals surface area contributed by atoms with Gasteiger partial charge in [-0.05, 0) is 25.2 Å². The number of ether oxygens (including phenoxy) is 1. The van der Waals surface area contributed by atoms with E-state index >= 15 is 0 Å². The smallest absolute Gasteiger partial charge is 0.313 e. The quantitative estimate of drug-likeness (QED) is 0.372. The zero-order valence-corrected chi connectivity index (χ0v) is 8.57. The van der Waals surface area contributed by atoms with Crippen molar-refractivity contribution in [2.75, 3.05) is 6.61 Å². The lowest BCUT2D eigenvalue weighted by Crippen LogP contribution is -2.27. The van der Waals surface area contributed by atoms with Crippen LogP contribution in [0.15, 0.2) is 23.8 Å². The average molecular weight is 206 g/mol. The molecular formula is C12H14O3. The van der Waals surface area contributed by atoms with Gasteiger partial charge in [-0.1, -0.05) is 18.2 Å². The van der Waals surface area contributed by atoms with Gasteiger partial charge in [0.15, 0.2) is 0 Å². The standard InChI is InChI=1S/C12H14O3/c1-8-3-2-4-10-5-9(6-13)7-15-12(14)11(8)10/h5-6,10-11H,1-4,7H2/t10-,11+/m0/s1. The molecule has 0 radical (unpaired) electrons. The van der Waals surface area contributed by atoms with Crippen molar-refractivity contribution in [1.29, 1.82) is 0 Å². The predicted octanol–water partition coefficient (Wildman–Crippen LogP) is 1.64. The van der Waals surface area contributed by atoms with Gasteiger partial charge in [0, 0.05) is 5.57 Å². The fourth-order valence-electron chi connectivity index (χ4n) is 2.35. The number of cyclic esters (lactones) is 1. The van der Waals surface area contributed by atoms with Crippen LogP contribution in [0.4, 0.5) is 0 Å². The van der Waals surface area contributed by atoms with Gasteiger partial charge in [0.05, 0.1) is 5.92 Å². The monoisotopic (exact) mass is 206 g/mol.